The minimum atomic E-state index is -0.00458. The van der Waals surface area contributed by atoms with Crippen molar-refractivity contribution in [1.82, 2.24) is 5.32 Å². The SMILES string of the molecule is CCC(C)c1ccc(CNC(=O)CCCO)cc1. The number of benzene rings is 1. The lowest BCUT2D eigenvalue weighted by Crippen LogP contribution is -2.22. The fraction of sp³-hybridized carbons (Fsp3) is 0.533. The Morgan fingerprint density at radius 1 is 1.33 bits per heavy atom. The number of amides is 1. The van der Waals surface area contributed by atoms with Gasteiger partial charge in [-0.15, -0.1) is 0 Å². The van der Waals surface area contributed by atoms with Crippen molar-refractivity contribution >= 4 is 5.91 Å². The summed E-state index contributed by atoms with van der Waals surface area (Å²) in [6.45, 7) is 5.02. The van der Waals surface area contributed by atoms with Crippen LogP contribution in [-0.2, 0) is 11.3 Å². The molecule has 0 bridgehead atoms. The van der Waals surface area contributed by atoms with E-state index in [-0.39, 0.29) is 12.5 Å². The summed E-state index contributed by atoms with van der Waals surface area (Å²) in [7, 11) is 0. The molecule has 1 atom stereocenters. The van der Waals surface area contributed by atoms with Crippen molar-refractivity contribution in [2.24, 2.45) is 0 Å². The Bertz CT molecular complexity index is 359. The molecule has 100 valence electrons. The average Bonchev–Trinajstić information content (AvgIpc) is 2.42. The van der Waals surface area contributed by atoms with E-state index in [4.69, 9.17) is 5.11 Å². The van der Waals surface area contributed by atoms with Crippen LogP contribution in [-0.4, -0.2) is 17.6 Å². The molecule has 1 amide bonds. The van der Waals surface area contributed by atoms with Crippen LogP contribution < -0.4 is 5.32 Å². The summed E-state index contributed by atoms with van der Waals surface area (Å²) < 4.78 is 0. The van der Waals surface area contributed by atoms with E-state index >= 15 is 0 Å². The van der Waals surface area contributed by atoms with Gasteiger partial charge < -0.3 is 10.4 Å². The van der Waals surface area contributed by atoms with Crippen LogP contribution in [0.5, 0.6) is 0 Å². The highest BCUT2D eigenvalue weighted by atomic mass is 16.3. The molecule has 2 N–H and O–H groups in total. The predicted octanol–water partition coefficient (Wildman–Crippen LogP) is 2.59. The van der Waals surface area contributed by atoms with E-state index in [1.165, 1.54) is 5.56 Å². The molecule has 0 aliphatic rings. The fourth-order valence-electron chi connectivity index (χ4n) is 1.73. The molecule has 1 rings (SSSR count). The number of aliphatic hydroxyl groups excluding tert-OH is 1. The standard InChI is InChI=1S/C15H23NO2/c1-3-12(2)14-8-6-13(7-9-14)11-16-15(18)5-4-10-17/h6-9,12,17H,3-5,10-11H2,1-2H3,(H,16,18). The molecule has 18 heavy (non-hydrogen) atoms. The summed E-state index contributed by atoms with van der Waals surface area (Å²) in [4.78, 5) is 11.4. The van der Waals surface area contributed by atoms with Crippen LogP contribution in [0.25, 0.3) is 0 Å². The molecule has 0 spiro atoms. The Morgan fingerprint density at radius 2 is 2.00 bits per heavy atom. The molecule has 3 heteroatoms. The number of hydrogen-bond acceptors (Lipinski definition) is 2. The molecule has 0 aliphatic heterocycles. The maximum Gasteiger partial charge on any atom is 0.220 e. The maximum absolute atomic E-state index is 11.4. The highest BCUT2D eigenvalue weighted by Gasteiger charge is 2.03. The lowest BCUT2D eigenvalue weighted by Gasteiger charge is -2.10. The molecule has 3 nitrogen and oxygen atoms in total. The number of aliphatic hydroxyl groups is 1. The van der Waals surface area contributed by atoms with E-state index in [1.807, 2.05) is 0 Å². The third-order valence-corrected chi connectivity index (χ3v) is 3.21. The van der Waals surface area contributed by atoms with Crippen molar-refractivity contribution in [3.05, 3.63) is 35.4 Å². The number of hydrogen-bond donors (Lipinski definition) is 2. The van der Waals surface area contributed by atoms with Crippen molar-refractivity contribution in [2.75, 3.05) is 6.61 Å². The third-order valence-electron chi connectivity index (χ3n) is 3.21. The first-order valence-electron chi connectivity index (χ1n) is 6.63. The summed E-state index contributed by atoms with van der Waals surface area (Å²) in [6, 6.07) is 8.38. The van der Waals surface area contributed by atoms with Crippen molar-refractivity contribution in [1.29, 1.82) is 0 Å². The van der Waals surface area contributed by atoms with E-state index in [0.29, 0.717) is 25.3 Å². The zero-order valence-electron chi connectivity index (χ0n) is 11.3. The quantitative estimate of drug-likeness (QED) is 0.780. The van der Waals surface area contributed by atoms with Crippen LogP contribution in [0.2, 0.25) is 0 Å². The summed E-state index contributed by atoms with van der Waals surface area (Å²) in [5.74, 6) is 0.577. The lowest BCUT2D eigenvalue weighted by molar-refractivity contribution is -0.121. The minimum absolute atomic E-state index is 0.00458. The van der Waals surface area contributed by atoms with Gasteiger partial charge in [0.15, 0.2) is 0 Å². The molecule has 1 aromatic rings. The monoisotopic (exact) mass is 249 g/mol. The first kappa shape index (κ1) is 14.7. The second kappa shape index (κ2) is 7.88. The highest BCUT2D eigenvalue weighted by molar-refractivity contribution is 5.75. The van der Waals surface area contributed by atoms with Gasteiger partial charge >= 0.3 is 0 Å². The first-order chi connectivity index (χ1) is 8.67. The van der Waals surface area contributed by atoms with Gasteiger partial charge in [0.25, 0.3) is 0 Å². The van der Waals surface area contributed by atoms with Crippen molar-refractivity contribution in [2.45, 2.75) is 45.6 Å². The van der Waals surface area contributed by atoms with Gasteiger partial charge in [0, 0.05) is 19.6 Å². The molecule has 0 radical (unpaired) electrons. The number of carbonyl (C=O) groups is 1. The minimum Gasteiger partial charge on any atom is -0.396 e. The van der Waals surface area contributed by atoms with Gasteiger partial charge in [0.05, 0.1) is 0 Å². The summed E-state index contributed by atoms with van der Waals surface area (Å²) >= 11 is 0. The fourth-order valence-corrected chi connectivity index (χ4v) is 1.73. The van der Waals surface area contributed by atoms with Crippen molar-refractivity contribution in [3.63, 3.8) is 0 Å². The van der Waals surface area contributed by atoms with Gasteiger partial charge in [-0.05, 0) is 29.9 Å². The molecule has 0 saturated heterocycles. The summed E-state index contributed by atoms with van der Waals surface area (Å²) in [5, 5.41) is 11.5. The van der Waals surface area contributed by atoms with E-state index in [2.05, 4.69) is 43.4 Å². The van der Waals surface area contributed by atoms with Crippen LogP contribution in [0.1, 0.15) is 50.2 Å². The Morgan fingerprint density at radius 3 is 2.56 bits per heavy atom. The molecule has 0 aliphatic carbocycles. The van der Waals surface area contributed by atoms with E-state index in [0.717, 1.165) is 12.0 Å². The number of rotatable bonds is 7. The highest BCUT2D eigenvalue weighted by Crippen LogP contribution is 2.18. The van der Waals surface area contributed by atoms with Crippen LogP contribution in [0.4, 0.5) is 0 Å². The zero-order chi connectivity index (χ0) is 13.4. The Labute approximate surface area is 109 Å². The second-order valence-electron chi connectivity index (χ2n) is 4.65. The molecule has 0 heterocycles. The number of nitrogens with one attached hydrogen (secondary N) is 1. The Kier molecular flexibility index (Phi) is 6.44. The molecular weight excluding hydrogens is 226 g/mol. The van der Waals surface area contributed by atoms with Crippen LogP contribution in [0.3, 0.4) is 0 Å². The average molecular weight is 249 g/mol. The van der Waals surface area contributed by atoms with Crippen molar-refractivity contribution in [3.8, 4) is 0 Å². The zero-order valence-corrected chi connectivity index (χ0v) is 11.3. The largest absolute Gasteiger partial charge is 0.396 e. The number of carbonyl (C=O) groups excluding carboxylic acids is 1. The molecule has 0 aromatic heterocycles. The van der Waals surface area contributed by atoms with Gasteiger partial charge in [-0.3, -0.25) is 4.79 Å². The predicted molar refractivity (Wildman–Crippen MR) is 73.3 cm³/mol. The van der Waals surface area contributed by atoms with Gasteiger partial charge in [0.2, 0.25) is 5.91 Å². The van der Waals surface area contributed by atoms with Crippen LogP contribution >= 0.6 is 0 Å². The second-order valence-corrected chi connectivity index (χ2v) is 4.65. The Hall–Kier alpha value is -1.35. The van der Waals surface area contributed by atoms with E-state index in [9.17, 15) is 4.79 Å². The molecular formula is C15H23NO2. The third kappa shape index (κ3) is 4.88. The summed E-state index contributed by atoms with van der Waals surface area (Å²) in [6.07, 6.45) is 2.05. The maximum atomic E-state index is 11.4. The first-order valence-corrected chi connectivity index (χ1v) is 6.63. The normalized spacial score (nSPS) is 12.2. The van der Waals surface area contributed by atoms with Gasteiger partial charge in [-0.2, -0.15) is 0 Å². The Balaban J connectivity index is 2.41. The van der Waals surface area contributed by atoms with E-state index < -0.39 is 0 Å². The van der Waals surface area contributed by atoms with E-state index in [1.54, 1.807) is 0 Å². The molecule has 0 fully saturated rings. The van der Waals surface area contributed by atoms with Gasteiger partial charge in [-0.25, -0.2) is 0 Å². The van der Waals surface area contributed by atoms with Crippen LogP contribution in [0.15, 0.2) is 24.3 Å². The molecule has 1 aromatic carbocycles. The molecule has 1 unspecified atom stereocenters. The molecule has 0 saturated carbocycles. The lowest BCUT2D eigenvalue weighted by atomic mass is 9.98. The van der Waals surface area contributed by atoms with Gasteiger partial charge in [0.1, 0.15) is 0 Å². The smallest absolute Gasteiger partial charge is 0.220 e. The van der Waals surface area contributed by atoms with Gasteiger partial charge in [-0.1, -0.05) is 38.1 Å². The van der Waals surface area contributed by atoms with Crippen molar-refractivity contribution < 1.29 is 9.90 Å². The van der Waals surface area contributed by atoms with Crippen LogP contribution in [0, 0.1) is 0 Å². The topological polar surface area (TPSA) is 49.3 Å². The summed E-state index contributed by atoms with van der Waals surface area (Å²) in [5.41, 5.74) is 2.45.